The number of rotatable bonds is 0. The Morgan fingerprint density at radius 3 is 2.76 bits per heavy atom. The molecule has 2 heterocycles. The Bertz CT molecular complexity index is 496. The van der Waals surface area contributed by atoms with E-state index in [4.69, 9.17) is 0 Å². The van der Waals surface area contributed by atoms with Crippen LogP contribution in [0, 0.1) is 6.92 Å². The third-order valence-electron chi connectivity index (χ3n) is 4.37. The summed E-state index contributed by atoms with van der Waals surface area (Å²) in [5.41, 5.74) is 7.40. The molecule has 0 bridgehead atoms. The fourth-order valence-electron chi connectivity index (χ4n) is 3.19. The Morgan fingerprint density at radius 2 is 2.00 bits per heavy atom. The predicted molar refractivity (Wildman–Crippen MR) is 74.7 cm³/mol. The van der Waals surface area contributed by atoms with Gasteiger partial charge in [-0.1, -0.05) is 32.1 Å². The maximum absolute atomic E-state index is 4.25. The molecule has 1 aromatic rings. The number of benzene rings is 1. The van der Waals surface area contributed by atoms with Crippen molar-refractivity contribution in [3.63, 3.8) is 0 Å². The van der Waals surface area contributed by atoms with Gasteiger partial charge in [0, 0.05) is 24.3 Å². The van der Waals surface area contributed by atoms with Gasteiger partial charge in [-0.05, 0) is 42.4 Å². The average molecular weight is 227 g/mol. The van der Waals surface area contributed by atoms with Gasteiger partial charge < -0.3 is 4.90 Å². The van der Waals surface area contributed by atoms with Crippen molar-refractivity contribution in [1.82, 2.24) is 0 Å². The van der Waals surface area contributed by atoms with Crippen LogP contribution in [0.1, 0.15) is 43.4 Å². The Kier molecular flexibility index (Phi) is 2.16. The molecule has 90 valence electrons. The maximum atomic E-state index is 4.25. The lowest BCUT2D eigenvalue weighted by atomic mass is 9.74. The Hall–Kier alpha value is -1.24. The van der Waals surface area contributed by atoms with E-state index in [1.807, 2.05) is 0 Å². The number of nitrogens with zero attached hydrogens (tertiary/aromatic N) is 1. The molecule has 0 fully saturated rings. The molecule has 0 atom stereocenters. The van der Waals surface area contributed by atoms with Gasteiger partial charge in [-0.3, -0.25) is 0 Å². The van der Waals surface area contributed by atoms with Crippen LogP contribution in [0.4, 0.5) is 5.69 Å². The minimum absolute atomic E-state index is 0.310. The van der Waals surface area contributed by atoms with Crippen molar-refractivity contribution in [3.05, 3.63) is 35.4 Å². The van der Waals surface area contributed by atoms with Crippen molar-refractivity contribution >= 4 is 11.3 Å². The fourth-order valence-corrected chi connectivity index (χ4v) is 3.19. The summed E-state index contributed by atoms with van der Waals surface area (Å²) in [7, 11) is 0. The van der Waals surface area contributed by atoms with Crippen LogP contribution in [-0.4, -0.2) is 13.1 Å². The van der Waals surface area contributed by atoms with Gasteiger partial charge >= 0.3 is 0 Å². The van der Waals surface area contributed by atoms with Crippen LogP contribution in [0.15, 0.2) is 18.7 Å². The molecule has 3 rings (SSSR count). The number of aryl methyl sites for hydroxylation is 1. The highest BCUT2D eigenvalue weighted by molar-refractivity contribution is 5.82. The lowest BCUT2D eigenvalue weighted by Gasteiger charge is -2.44. The van der Waals surface area contributed by atoms with Crippen molar-refractivity contribution in [2.75, 3.05) is 18.0 Å². The van der Waals surface area contributed by atoms with Crippen LogP contribution in [0.3, 0.4) is 0 Å². The van der Waals surface area contributed by atoms with Gasteiger partial charge in [0.05, 0.1) is 0 Å². The van der Waals surface area contributed by atoms with E-state index in [9.17, 15) is 0 Å². The first kappa shape index (κ1) is 10.9. The van der Waals surface area contributed by atoms with Gasteiger partial charge in [0.25, 0.3) is 0 Å². The zero-order chi connectivity index (χ0) is 12.2. The Labute approximate surface area is 104 Å². The normalized spacial score (nSPS) is 21.4. The molecule has 0 saturated carbocycles. The summed E-state index contributed by atoms with van der Waals surface area (Å²) < 4.78 is 0. The van der Waals surface area contributed by atoms with Crippen molar-refractivity contribution in [2.24, 2.45) is 0 Å². The predicted octanol–water partition coefficient (Wildman–Crippen LogP) is 3.90. The summed E-state index contributed by atoms with van der Waals surface area (Å²) in [6.07, 6.45) is 2.38. The SMILES string of the molecule is C=C1CCN2CCC(C)(C)c3cc(C)cc1c32. The van der Waals surface area contributed by atoms with Gasteiger partial charge in [0.1, 0.15) is 0 Å². The average Bonchev–Trinajstić information content (AvgIpc) is 2.27. The molecule has 0 N–H and O–H groups in total. The van der Waals surface area contributed by atoms with E-state index in [0.29, 0.717) is 5.41 Å². The molecule has 0 saturated heterocycles. The first-order chi connectivity index (χ1) is 7.99. The molecular weight excluding hydrogens is 206 g/mol. The highest BCUT2D eigenvalue weighted by Gasteiger charge is 2.35. The topological polar surface area (TPSA) is 3.24 Å². The largest absolute Gasteiger partial charge is 0.370 e. The van der Waals surface area contributed by atoms with E-state index in [2.05, 4.69) is 44.4 Å². The highest BCUT2D eigenvalue weighted by Crippen LogP contribution is 2.46. The smallest absolute Gasteiger partial charge is 0.0480 e. The summed E-state index contributed by atoms with van der Waals surface area (Å²) in [6.45, 7) is 13.5. The van der Waals surface area contributed by atoms with Crippen LogP contribution >= 0.6 is 0 Å². The summed E-state index contributed by atoms with van der Waals surface area (Å²) in [5, 5.41) is 0. The fraction of sp³-hybridized carbons (Fsp3) is 0.500. The second-order valence-corrected chi connectivity index (χ2v) is 6.18. The molecule has 2 aliphatic heterocycles. The lowest BCUT2D eigenvalue weighted by molar-refractivity contribution is 0.452. The molecule has 0 aromatic heterocycles. The molecule has 0 unspecified atom stereocenters. The van der Waals surface area contributed by atoms with E-state index >= 15 is 0 Å². The first-order valence-electron chi connectivity index (χ1n) is 6.57. The molecule has 1 aromatic carbocycles. The maximum Gasteiger partial charge on any atom is 0.0480 e. The quantitative estimate of drug-likeness (QED) is 0.649. The summed E-state index contributed by atoms with van der Waals surface area (Å²) in [4.78, 5) is 2.56. The van der Waals surface area contributed by atoms with Gasteiger partial charge in [-0.15, -0.1) is 0 Å². The van der Waals surface area contributed by atoms with Crippen LogP contribution < -0.4 is 4.90 Å². The van der Waals surface area contributed by atoms with Gasteiger partial charge in [0.2, 0.25) is 0 Å². The Balaban J connectivity index is 2.31. The van der Waals surface area contributed by atoms with E-state index in [-0.39, 0.29) is 0 Å². The van der Waals surface area contributed by atoms with Gasteiger partial charge in [0.15, 0.2) is 0 Å². The monoisotopic (exact) mass is 227 g/mol. The van der Waals surface area contributed by atoms with Crippen LogP contribution in [0.5, 0.6) is 0 Å². The third-order valence-corrected chi connectivity index (χ3v) is 4.37. The number of anilines is 1. The molecule has 2 aliphatic rings. The zero-order valence-electron chi connectivity index (χ0n) is 11.1. The molecule has 0 aliphatic carbocycles. The molecular formula is C16H21N. The lowest BCUT2D eigenvalue weighted by Crippen LogP contribution is -2.40. The van der Waals surface area contributed by atoms with E-state index in [1.54, 1.807) is 0 Å². The van der Waals surface area contributed by atoms with Crippen LogP contribution in [0.25, 0.3) is 5.57 Å². The minimum Gasteiger partial charge on any atom is -0.370 e. The third kappa shape index (κ3) is 1.52. The number of hydrogen-bond acceptors (Lipinski definition) is 1. The molecule has 1 nitrogen and oxygen atoms in total. The number of hydrogen-bond donors (Lipinski definition) is 0. The molecule has 0 radical (unpaired) electrons. The second-order valence-electron chi connectivity index (χ2n) is 6.18. The standard InChI is InChI=1S/C16H21N/c1-11-9-13-12(2)5-7-17-8-6-16(3,4)14(10-11)15(13)17/h9-10H,2,5-8H2,1,3-4H3. The van der Waals surface area contributed by atoms with Gasteiger partial charge in [-0.2, -0.15) is 0 Å². The summed E-state index contributed by atoms with van der Waals surface area (Å²) in [5.74, 6) is 0. The zero-order valence-corrected chi connectivity index (χ0v) is 11.1. The summed E-state index contributed by atoms with van der Waals surface area (Å²) in [6, 6.07) is 4.69. The summed E-state index contributed by atoms with van der Waals surface area (Å²) >= 11 is 0. The molecule has 0 spiro atoms. The first-order valence-corrected chi connectivity index (χ1v) is 6.57. The minimum atomic E-state index is 0.310. The molecule has 0 amide bonds. The van der Waals surface area contributed by atoms with Gasteiger partial charge in [-0.25, -0.2) is 0 Å². The second kappa shape index (κ2) is 3.38. The van der Waals surface area contributed by atoms with Crippen molar-refractivity contribution in [2.45, 2.75) is 39.0 Å². The van der Waals surface area contributed by atoms with Crippen molar-refractivity contribution < 1.29 is 0 Å². The molecule has 17 heavy (non-hydrogen) atoms. The van der Waals surface area contributed by atoms with E-state index in [1.165, 1.54) is 40.9 Å². The van der Waals surface area contributed by atoms with Crippen LogP contribution in [-0.2, 0) is 5.41 Å². The van der Waals surface area contributed by atoms with E-state index in [0.717, 1.165) is 13.0 Å². The highest BCUT2D eigenvalue weighted by atomic mass is 15.1. The van der Waals surface area contributed by atoms with Crippen LogP contribution in [0.2, 0.25) is 0 Å². The van der Waals surface area contributed by atoms with Crippen molar-refractivity contribution in [1.29, 1.82) is 0 Å². The van der Waals surface area contributed by atoms with Crippen molar-refractivity contribution in [3.8, 4) is 0 Å². The Morgan fingerprint density at radius 1 is 1.24 bits per heavy atom. The van der Waals surface area contributed by atoms with E-state index < -0.39 is 0 Å². The molecule has 1 heteroatoms.